The number of sulfonamides is 1. The Kier molecular flexibility index (Phi) is 5.56. The van der Waals surface area contributed by atoms with Crippen molar-refractivity contribution in [3.8, 4) is 0 Å². The molecule has 102 valence electrons. The molecule has 1 rings (SSSR count). The van der Waals surface area contributed by atoms with Crippen LogP contribution in [0.25, 0.3) is 0 Å². The van der Waals surface area contributed by atoms with E-state index in [2.05, 4.69) is 13.0 Å². The van der Waals surface area contributed by atoms with Crippen LogP contribution in [0.15, 0.2) is 16.4 Å². The summed E-state index contributed by atoms with van der Waals surface area (Å²) in [5.74, 6) is 0. The molecular formula is C13H21NO2S2. The maximum absolute atomic E-state index is 11.6. The van der Waals surface area contributed by atoms with Gasteiger partial charge >= 0.3 is 0 Å². The lowest BCUT2D eigenvalue weighted by Gasteiger charge is -2.05. The predicted octanol–water partition coefficient (Wildman–Crippen LogP) is 3.17. The number of primary sulfonamides is 1. The van der Waals surface area contributed by atoms with Gasteiger partial charge in [0.05, 0.1) is 0 Å². The van der Waals surface area contributed by atoms with Crippen LogP contribution < -0.4 is 5.14 Å². The van der Waals surface area contributed by atoms with E-state index in [1.807, 2.05) is 19.9 Å². The van der Waals surface area contributed by atoms with Crippen molar-refractivity contribution in [1.82, 2.24) is 0 Å². The number of allylic oxidation sites excluding steroid dienone is 2. The third kappa shape index (κ3) is 3.67. The zero-order valence-electron chi connectivity index (χ0n) is 11.2. The van der Waals surface area contributed by atoms with Crippen molar-refractivity contribution in [2.45, 2.75) is 50.7 Å². The second kappa shape index (κ2) is 6.50. The van der Waals surface area contributed by atoms with Crippen molar-refractivity contribution in [3.63, 3.8) is 0 Å². The molecule has 0 spiro atoms. The van der Waals surface area contributed by atoms with Gasteiger partial charge in [-0.15, -0.1) is 11.3 Å². The summed E-state index contributed by atoms with van der Waals surface area (Å²) < 4.78 is 23.6. The molecule has 0 radical (unpaired) electrons. The molecule has 0 saturated heterocycles. The van der Waals surface area contributed by atoms with E-state index in [1.165, 1.54) is 16.9 Å². The smallest absolute Gasteiger partial charge is 0.224 e. The second-order valence-electron chi connectivity index (χ2n) is 4.31. The zero-order chi connectivity index (χ0) is 13.8. The SMILES string of the molecule is CC=CCCc1c(S(N)(=O)=O)sc(C)c1CCC. The van der Waals surface area contributed by atoms with E-state index in [0.717, 1.165) is 36.1 Å². The van der Waals surface area contributed by atoms with Gasteiger partial charge in [0, 0.05) is 4.88 Å². The van der Waals surface area contributed by atoms with Gasteiger partial charge in [-0.2, -0.15) is 0 Å². The zero-order valence-corrected chi connectivity index (χ0v) is 12.8. The summed E-state index contributed by atoms with van der Waals surface area (Å²) >= 11 is 1.31. The maximum Gasteiger partial charge on any atom is 0.247 e. The molecule has 0 saturated carbocycles. The molecule has 3 nitrogen and oxygen atoms in total. The highest BCUT2D eigenvalue weighted by atomic mass is 32.2. The van der Waals surface area contributed by atoms with E-state index in [9.17, 15) is 8.42 Å². The summed E-state index contributed by atoms with van der Waals surface area (Å²) in [6, 6.07) is 0. The van der Waals surface area contributed by atoms with Gasteiger partial charge in [-0.1, -0.05) is 25.5 Å². The molecule has 5 heteroatoms. The molecule has 1 heterocycles. The summed E-state index contributed by atoms with van der Waals surface area (Å²) in [5, 5.41) is 5.30. The molecule has 0 fully saturated rings. The molecular weight excluding hydrogens is 266 g/mol. The average Bonchev–Trinajstić information content (AvgIpc) is 2.58. The summed E-state index contributed by atoms with van der Waals surface area (Å²) in [6.45, 7) is 6.04. The number of hydrogen-bond donors (Lipinski definition) is 1. The lowest BCUT2D eigenvalue weighted by molar-refractivity contribution is 0.598. The molecule has 2 N–H and O–H groups in total. The van der Waals surface area contributed by atoms with E-state index < -0.39 is 10.0 Å². The van der Waals surface area contributed by atoms with Gasteiger partial charge < -0.3 is 0 Å². The molecule has 0 aromatic carbocycles. The van der Waals surface area contributed by atoms with Crippen LogP contribution in [-0.2, 0) is 22.9 Å². The Morgan fingerprint density at radius 3 is 2.44 bits per heavy atom. The van der Waals surface area contributed by atoms with Crippen LogP contribution in [-0.4, -0.2) is 8.42 Å². The minimum absolute atomic E-state index is 0.355. The highest BCUT2D eigenvalue weighted by molar-refractivity contribution is 7.91. The van der Waals surface area contributed by atoms with Gasteiger partial charge in [-0.25, -0.2) is 13.6 Å². The maximum atomic E-state index is 11.6. The molecule has 0 unspecified atom stereocenters. The first-order valence-corrected chi connectivity index (χ1v) is 8.53. The van der Waals surface area contributed by atoms with Gasteiger partial charge in [0.25, 0.3) is 0 Å². The fourth-order valence-electron chi connectivity index (χ4n) is 2.05. The first-order chi connectivity index (χ1) is 8.41. The minimum Gasteiger partial charge on any atom is -0.224 e. The Balaban J connectivity index is 3.22. The van der Waals surface area contributed by atoms with E-state index >= 15 is 0 Å². The second-order valence-corrected chi connectivity index (χ2v) is 7.29. The highest BCUT2D eigenvalue weighted by Gasteiger charge is 2.21. The first kappa shape index (κ1) is 15.4. The minimum atomic E-state index is -3.60. The molecule has 1 aromatic heterocycles. The van der Waals surface area contributed by atoms with E-state index in [0.29, 0.717) is 4.21 Å². The first-order valence-electron chi connectivity index (χ1n) is 6.16. The Labute approximate surface area is 114 Å². The van der Waals surface area contributed by atoms with Gasteiger partial charge in [-0.05, 0) is 44.2 Å². The van der Waals surface area contributed by atoms with Gasteiger partial charge in [0.15, 0.2) is 0 Å². The van der Waals surface area contributed by atoms with Crippen molar-refractivity contribution in [2.24, 2.45) is 5.14 Å². The van der Waals surface area contributed by atoms with Crippen LogP contribution in [0.4, 0.5) is 0 Å². The van der Waals surface area contributed by atoms with Crippen LogP contribution in [0.5, 0.6) is 0 Å². The van der Waals surface area contributed by atoms with Crippen LogP contribution in [0, 0.1) is 6.92 Å². The largest absolute Gasteiger partial charge is 0.247 e. The number of aryl methyl sites for hydroxylation is 1. The van der Waals surface area contributed by atoms with Gasteiger partial charge in [0.1, 0.15) is 4.21 Å². The van der Waals surface area contributed by atoms with E-state index in [-0.39, 0.29) is 0 Å². The number of hydrogen-bond acceptors (Lipinski definition) is 3. The summed E-state index contributed by atoms with van der Waals surface area (Å²) in [4.78, 5) is 1.08. The Morgan fingerprint density at radius 2 is 1.94 bits per heavy atom. The molecule has 1 aromatic rings. The molecule has 0 amide bonds. The van der Waals surface area contributed by atoms with E-state index in [1.54, 1.807) is 0 Å². The fourth-order valence-corrected chi connectivity index (χ4v) is 4.44. The molecule has 18 heavy (non-hydrogen) atoms. The molecule has 0 aliphatic carbocycles. The molecule has 0 atom stereocenters. The van der Waals surface area contributed by atoms with Crippen molar-refractivity contribution in [2.75, 3.05) is 0 Å². The Morgan fingerprint density at radius 1 is 1.28 bits per heavy atom. The summed E-state index contributed by atoms with van der Waals surface area (Å²) in [5.41, 5.74) is 2.11. The van der Waals surface area contributed by atoms with Crippen molar-refractivity contribution in [3.05, 3.63) is 28.2 Å². The Hall–Kier alpha value is -0.650. The standard InChI is InChI=1S/C13H21NO2S2/c1-4-6-7-9-12-11(8-5-2)10(3)17-13(12)18(14,15)16/h4,6H,5,7-9H2,1-3H3,(H2,14,15,16). The summed E-state index contributed by atoms with van der Waals surface area (Å²) in [7, 11) is -3.60. The van der Waals surface area contributed by atoms with Crippen molar-refractivity contribution in [1.29, 1.82) is 0 Å². The van der Waals surface area contributed by atoms with Crippen molar-refractivity contribution < 1.29 is 8.42 Å². The quantitative estimate of drug-likeness (QED) is 0.817. The molecule has 0 aliphatic rings. The van der Waals surface area contributed by atoms with Crippen LogP contribution >= 0.6 is 11.3 Å². The van der Waals surface area contributed by atoms with Gasteiger partial charge in [-0.3, -0.25) is 0 Å². The molecule has 0 aliphatic heterocycles. The number of thiophene rings is 1. The third-order valence-corrected chi connectivity index (χ3v) is 5.53. The fraction of sp³-hybridized carbons (Fsp3) is 0.538. The van der Waals surface area contributed by atoms with E-state index in [4.69, 9.17) is 5.14 Å². The topological polar surface area (TPSA) is 60.2 Å². The lowest BCUT2D eigenvalue weighted by atomic mass is 10.0. The third-order valence-electron chi connectivity index (χ3n) is 2.84. The number of rotatable bonds is 6. The summed E-state index contributed by atoms with van der Waals surface area (Å²) in [6.07, 6.45) is 7.56. The predicted molar refractivity (Wildman–Crippen MR) is 77.6 cm³/mol. The highest BCUT2D eigenvalue weighted by Crippen LogP contribution is 2.33. The average molecular weight is 287 g/mol. The molecule has 0 bridgehead atoms. The van der Waals surface area contributed by atoms with Crippen LogP contribution in [0.2, 0.25) is 0 Å². The van der Waals surface area contributed by atoms with Crippen LogP contribution in [0.1, 0.15) is 42.7 Å². The van der Waals surface area contributed by atoms with Crippen LogP contribution in [0.3, 0.4) is 0 Å². The number of nitrogens with two attached hydrogens (primary N) is 1. The monoisotopic (exact) mass is 287 g/mol. The normalized spacial score (nSPS) is 12.4. The Bertz CT molecular complexity index is 527. The van der Waals surface area contributed by atoms with Gasteiger partial charge in [0.2, 0.25) is 10.0 Å². The van der Waals surface area contributed by atoms with Crippen molar-refractivity contribution >= 4 is 21.4 Å². The lowest BCUT2D eigenvalue weighted by Crippen LogP contribution is -2.12.